The predicted molar refractivity (Wildman–Crippen MR) is 76.7 cm³/mol. The molecule has 0 bridgehead atoms. The van der Waals surface area contributed by atoms with Gasteiger partial charge in [-0.2, -0.15) is 0 Å². The Morgan fingerprint density at radius 1 is 1.61 bits per heavy atom. The van der Waals surface area contributed by atoms with E-state index in [0.29, 0.717) is 17.9 Å². The second-order valence-corrected chi connectivity index (χ2v) is 4.42. The summed E-state index contributed by atoms with van der Waals surface area (Å²) in [5.41, 5.74) is 7.30. The second kappa shape index (κ2) is 6.30. The van der Waals surface area contributed by atoms with Gasteiger partial charge < -0.3 is 16.0 Å². The van der Waals surface area contributed by atoms with Crippen LogP contribution in [0.5, 0.6) is 0 Å². The summed E-state index contributed by atoms with van der Waals surface area (Å²) in [6.45, 7) is 4.67. The van der Waals surface area contributed by atoms with Crippen LogP contribution in [-0.2, 0) is 4.79 Å². The molecule has 0 aliphatic heterocycles. The molecule has 1 aromatic heterocycles. The number of carbonyl (C=O) groups excluding carboxylic acids is 1. The van der Waals surface area contributed by atoms with Crippen molar-refractivity contribution in [3.63, 3.8) is 0 Å². The lowest BCUT2D eigenvalue weighted by atomic mass is 10.1. The predicted octanol–water partition coefficient (Wildman–Crippen LogP) is 0.914. The molecule has 1 aromatic rings. The number of carbonyl (C=O) groups is 1. The van der Waals surface area contributed by atoms with Gasteiger partial charge in [0.05, 0.1) is 12.1 Å². The summed E-state index contributed by atoms with van der Waals surface area (Å²) in [6, 6.07) is 1.83. The molecule has 0 spiro atoms. The number of aromatic nitrogens is 1. The van der Waals surface area contributed by atoms with E-state index >= 15 is 0 Å². The van der Waals surface area contributed by atoms with Crippen molar-refractivity contribution in [1.29, 1.82) is 0 Å². The SMILES string of the molecule is CCN(C)C(=O)CNc1nccc(C)c1C(N)=S. The van der Waals surface area contributed by atoms with Crippen molar-refractivity contribution in [2.75, 3.05) is 25.5 Å². The van der Waals surface area contributed by atoms with Crippen LogP contribution in [0, 0.1) is 6.92 Å². The van der Waals surface area contributed by atoms with Crippen LogP contribution >= 0.6 is 12.2 Å². The summed E-state index contributed by atoms with van der Waals surface area (Å²) in [7, 11) is 1.75. The van der Waals surface area contributed by atoms with Gasteiger partial charge in [0, 0.05) is 19.8 Å². The highest BCUT2D eigenvalue weighted by Gasteiger charge is 2.12. The summed E-state index contributed by atoms with van der Waals surface area (Å²) in [5, 5.41) is 2.98. The Morgan fingerprint density at radius 3 is 2.83 bits per heavy atom. The molecule has 0 fully saturated rings. The maximum Gasteiger partial charge on any atom is 0.241 e. The largest absolute Gasteiger partial charge is 0.389 e. The Labute approximate surface area is 112 Å². The lowest BCUT2D eigenvalue weighted by molar-refractivity contribution is -0.127. The quantitative estimate of drug-likeness (QED) is 0.775. The van der Waals surface area contributed by atoms with Gasteiger partial charge in [0.1, 0.15) is 10.8 Å². The van der Waals surface area contributed by atoms with E-state index in [0.717, 1.165) is 5.56 Å². The summed E-state index contributed by atoms with van der Waals surface area (Å²) in [5.74, 6) is 0.551. The number of rotatable bonds is 5. The van der Waals surface area contributed by atoms with E-state index < -0.39 is 0 Å². The molecule has 3 N–H and O–H groups in total. The summed E-state index contributed by atoms with van der Waals surface area (Å²) >= 11 is 4.99. The Balaban J connectivity index is 2.83. The molecule has 0 unspecified atom stereocenters. The fourth-order valence-electron chi connectivity index (χ4n) is 1.47. The minimum Gasteiger partial charge on any atom is -0.389 e. The number of aryl methyl sites for hydroxylation is 1. The smallest absolute Gasteiger partial charge is 0.241 e. The third-order valence-corrected chi connectivity index (χ3v) is 2.92. The van der Waals surface area contributed by atoms with E-state index in [1.54, 1.807) is 18.1 Å². The van der Waals surface area contributed by atoms with Crippen molar-refractivity contribution < 1.29 is 4.79 Å². The van der Waals surface area contributed by atoms with Gasteiger partial charge in [-0.3, -0.25) is 4.79 Å². The zero-order valence-corrected chi connectivity index (χ0v) is 11.7. The molecule has 0 saturated carbocycles. The van der Waals surface area contributed by atoms with E-state index in [2.05, 4.69) is 10.3 Å². The Kier molecular flexibility index (Phi) is 5.03. The Hall–Kier alpha value is -1.69. The van der Waals surface area contributed by atoms with Crippen molar-refractivity contribution in [1.82, 2.24) is 9.88 Å². The Bertz CT molecular complexity index is 461. The lowest BCUT2D eigenvalue weighted by Crippen LogP contribution is -2.32. The highest BCUT2D eigenvalue weighted by Crippen LogP contribution is 2.16. The van der Waals surface area contributed by atoms with E-state index in [1.807, 2.05) is 19.9 Å². The van der Waals surface area contributed by atoms with Crippen LogP contribution in [0.1, 0.15) is 18.1 Å². The van der Waals surface area contributed by atoms with Crippen LogP contribution < -0.4 is 11.1 Å². The molecule has 0 aliphatic carbocycles. The van der Waals surface area contributed by atoms with Crippen molar-refractivity contribution in [2.45, 2.75) is 13.8 Å². The number of nitrogens with zero attached hydrogens (tertiary/aromatic N) is 2. The van der Waals surface area contributed by atoms with Crippen molar-refractivity contribution in [2.24, 2.45) is 5.73 Å². The minimum absolute atomic E-state index is 0.00491. The van der Waals surface area contributed by atoms with Crippen molar-refractivity contribution in [3.05, 3.63) is 23.4 Å². The van der Waals surface area contributed by atoms with E-state index in [-0.39, 0.29) is 17.4 Å². The summed E-state index contributed by atoms with van der Waals surface area (Å²) in [4.78, 5) is 17.8. The average Bonchev–Trinajstić information content (AvgIpc) is 2.34. The first-order valence-corrected chi connectivity index (χ1v) is 6.11. The van der Waals surface area contributed by atoms with E-state index in [9.17, 15) is 4.79 Å². The van der Waals surface area contributed by atoms with E-state index in [1.165, 1.54) is 0 Å². The lowest BCUT2D eigenvalue weighted by Gasteiger charge is -2.16. The van der Waals surface area contributed by atoms with Gasteiger partial charge in [-0.05, 0) is 25.5 Å². The van der Waals surface area contributed by atoms with Crippen LogP contribution in [0.25, 0.3) is 0 Å². The molecule has 1 heterocycles. The molecule has 0 radical (unpaired) electrons. The number of thiocarbonyl (C=S) groups is 1. The number of hydrogen-bond acceptors (Lipinski definition) is 4. The third kappa shape index (κ3) is 3.40. The summed E-state index contributed by atoms with van der Waals surface area (Å²) in [6.07, 6.45) is 1.66. The fraction of sp³-hybridized carbons (Fsp3) is 0.417. The number of pyridine rings is 1. The van der Waals surface area contributed by atoms with Gasteiger partial charge in [0.2, 0.25) is 5.91 Å². The monoisotopic (exact) mass is 266 g/mol. The number of nitrogens with one attached hydrogen (secondary N) is 1. The van der Waals surface area contributed by atoms with Crippen LogP contribution in [0.15, 0.2) is 12.3 Å². The van der Waals surface area contributed by atoms with Crippen LogP contribution in [0.4, 0.5) is 5.82 Å². The fourth-order valence-corrected chi connectivity index (χ4v) is 1.73. The van der Waals surface area contributed by atoms with Gasteiger partial charge in [-0.1, -0.05) is 12.2 Å². The van der Waals surface area contributed by atoms with Gasteiger partial charge in [0.25, 0.3) is 0 Å². The van der Waals surface area contributed by atoms with Gasteiger partial charge in [0.15, 0.2) is 0 Å². The molecule has 18 heavy (non-hydrogen) atoms. The van der Waals surface area contributed by atoms with Crippen LogP contribution in [0.2, 0.25) is 0 Å². The van der Waals surface area contributed by atoms with Crippen LogP contribution in [-0.4, -0.2) is 40.9 Å². The molecule has 5 nitrogen and oxygen atoms in total. The highest BCUT2D eigenvalue weighted by atomic mass is 32.1. The average molecular weight is 266 g/mol. The number of amides is 1. The van der Waals surface area contributed by atoms with Crippen molar-refractivity contribution >= 4 is 28.9 Å². The molecule has 0 aromatic carbocycles. The maximum atomic E-state index is 11.7. The minimum atomic E-state index is -0.00491. The molecule has 0 aliphatic rings. The van der Waals surface area contributed by atoms with Gasteiger partial charge >= 0.3 is 0 Å². The van der Waals surface area contributed by atoms with Crippen molar-refractivity contribution in [3.8, 4) is 0 Å². The normalized spacial score (nSPS) is 9.94. The third-order valence-electron chi connectivity index (χ3n) is 2.71. The number of hydrogen-bond donors (Lipinski definition) is 2. The van der Waals surface area contributed by atoms with Gasteiger partial charge in [-0.15, -0.1) is 0 Å². The molecule has 0 atom stereocenters. The molecular weight excluding hydrogens is 248 g/mol. The molecular formula is C12H18N4OS. The zero-order valence-electron chi connectivity index (χ0n) is 10.9. The summed E-state index contributed by atoms with van der Waals surface area (Å²) < 4.78 is 0. The molecule has 1 amide bonds. The molecule has 98 valence electrons. The second-order valence-electron chi connectivity index (χ2n) is 3.98. The number of nitrogens with two attached hydrogens (primary N) is 1. The first-order chi connectivity index (χ1) is 8.47. The first kappa shape index (κ1) is 14.4. The molecule has 0 saturated heterocycles. The van der Waals surface area contributed by atoms with E-state index in [4.69, 9.17) is 18.0 Å². The maximum absolute atomic E-state index is 11.7. The highest BCUT2D eigenvalue weighted by molar-refractivity contribution is 7.80. The van der Waals surface area contributed by atoms with Crippen LogP contribution in [0.3, 0.4) is 0 Å². The molecule has 6 heteroatoms. The molecule has 1 rings (SSSR count). The Morgan fingerprint density at radius 2 is 2.28 bits per heavy atom. The number of anilines is 1. The zero-order chi connectivity index (χ0) is 13.7. The standard InChI is InChI=1S/C12H18N4OS/c1-4-16(3)9(17)7-15-12-10(11(13)18)8(2)5-6-14-12/h5-6H,4,7H2,1-3H3,(H2,13,18)(H,14,15). The van der Waals surface area contributed by atoms with Gasteiger partial charge in [-0.25, -0.2) is 4.98 Å². The number of likely N-dealkylation sites (N-methyl/N-ethyl adjacent to an activating group) is 1. The topological polar surface area (TPSA) is 71.2 Å². The first-order valence-electron chi connectivity index (χ1n) is 5.70.